The number of hydrazine groups is 1. The van der Waals surface area contributed by atoms with Crippen LogP contribution in [0.25, 0.3) is 0 Å². The number of aromatic amines is 1. The number of esters is 1. The van der Waals surface area contributed by atoms with Gasteiger partial charge in [-0.15, -0.1) is 0 Å². The SMILES string of the molecule is CCc1[nH]c(C(=O)N(C)CCCCCC2CC(c3ccc(F)cc3)NN2)c(C)c1C(=O)OC. The van der Waals surface area contributed by atoms with Crippen LogP contribution in [0.2, 0.25) is 0 Å². The molecule has 1 aromatic carbocycles. The molecule has 33 heavy (non-hydrogen) atoms. The van der Waals surface area contributed by atoms with Gasteiger partial charge in [0.05, 0.1) is 12.7 Å². The second-order valence-electron chi connectivity index (χ2n) is 8.73. The summed E-state index contributed by atoms with van der Waals surface area (Å²) in [7, 11) is 3.14. The smallest absolute Gasteiger partial charge is 0.339 e. The number of aromatic nitrogens is 1. The molecule has 2 unspecified atom stereocenters. The lowest BCUT2D eigenvalue weighted by Gasteiger charge is -2.17. The predicted octanol–water partition coefficient (Wildman–Crippen LogP) is 4.05. The van der Waals surface area contributed by atoms with Crippen molar-refractivity contribution in [1.29, 1.82) is 0 Å². The average Bonchev–Trinajstić information content (AvgIpc) is 3.42. The highest BCUT2D eigenvalue weighted by Gasteiger charge is 2.26. The molecule has 2 atom stereocenters. The molecule has 0 bridgehead atoms. The minimum Gasteiger partial charge on any atom is -0.465 e. The minimum atomic E-state index is -0.418. The minimum absolute atomic E-state index is 0.110. The molecule has 0 aliphatic carbocycles. The van der Waals surface area contributed by atoms with Crippen molar-refractivity contribution >= 4 is 11.9 Å². The van der Waals surface area contributed by atoms with E-state index in [0.717, 1.165) is 43.4 Å². The molecular formula is C25H35FN4O3. The Kier molecular flexibility index (Phi) is 8.63. The number of amides is 1. The van der Waals surface area contributed by atoms with E-state index >= 15 is 0 Å². The molecule has 0 radical (unpaired) electrons. The van der Waals surface area contributed by atoms with Gasteiger partial charge in [0, 0.05) is 31.4 Å². The lowest BCUT2D eigenvalue weighted by molar-refractivity contribution is 0.0599. The molecule has 3 N–H and O–H groups in total. The first-order chi connectivity index (χ1) is 15.8. The number of carbonyl (C=O) groups is 2. The number of hydrogen-bond donors (Lipinski definition) is 3. The Balaban J connectivity index is 1.41. The van der Waals surface area contributed by atoms with Gasteiger partial charge >= 0.3 is 5.97 Å². The number of ether oxygens (including phenoxy) is 1. The van der Waals surface area contributed by atoms with Gasteiger partial charge < -0.3 is 14.6 Å². The number of unbranched alkanes of at least 4 members (excludes halogenated alkanes) is 2. The van der Waals surface area contributed by atoms with Gasteiger partial charge in [-0.2, -0.15) is 0 Å². The van der Waals surface area contributed by atoms with Crippen LogP contribution in [0.4, 0.5) is 4.39 Å². The normalized spacial score (nSPS) is 17.8. The Morgan fingerprint density at radius 2 is 1.88 bits per heavy atom. The van der Waals surface area contributed by atoms with Crippen LogP contribution >= 0.6 is 0 Å². The summed E-state index contributed by atoms with van der Waals surface area (Å²) in [5.41, 5.74) is 10.0. The Morgan fingerprint density at radius 1 is 1.15 bits per heavy atom. The highest BCUT2D eigenvalue weighted by molar-refractivity contribution is 6.00. The molecule has 8 heteroatoms. The van der Waals surface area contributed by atoms with E-state index in [4.69, 9.17) is 4.74 Å². The summed E-state index contributed by atoms with van der Waals surface area (Å²) in [6.45, 7) is 4.37. The van der Waals surface area contributed by atoms with Gasteiger partial charge in [0.25, 0.3) is 5.91 Å². The van der Waals surface area contributed by atoms with Crippen LogP contribution in [-0.4, -0.2) is 48.5 Å². The van der Waals surface area contributed by atoms with Crippen LogP contribution in [0.5, 0.6) is 0 Å². The zero-order chi connectivity index (χ0) is 24.0. The lowest BCUT2D eigenvalue weighted by Crippen LogP contribution is -2.31. The first-order valence-electron chi connectivity index (χ1n) is 11.7. The van der Waals surface area contributed by atoms with Crippen molar-refractivity contribution in [1.82, 2.24) is 20.7 Å². The molecule has 3 rings (SSSR count). The van der Waals surface area contributed by atoms with Crippen molar-refractivity contribution in [2.45, 2.75) is 64.5 Å². The summed E-state index contributed by atoms with van der Waals surface area (Å²) in [5, 5.41) is 0. The van der Waals surface area contributed by atoms with Crippen LogP contribution in [-0.2, 0) is 11.2 Å². The summed E-state index contributed by atoms with van der Waals surface area (Å²) in [6, 6.07) is 7.23. The number of benzene rings is 1. The zero-order valence-corrected chi connectivity index (χ0v) is 20.0. The fourth-order valence-corrected chi connectivity index (χ4v) is 4.45. The molecule has 1 fully saturated rings. The molecule has 7 nitrogen and oxygen atoms in total. The molecule has 2 heterocycles. The predicted molar refractivity (Wildman–Crippen MR) is 125 cm³/mol. The maximum atomic E-state index is 13.1. The van der Waals surface area contributed by atoms with Gasteiger partial charge in [0.15, 0.2) is 0 Å². The molecule has 0 saturated carbocycles. The summed E-state index contributed by atoms with van der Waals surface area (Å²) in [5.74, 6) is -0.744. The zero-order valence-electron chi connectivity index (χ0n) is 20.0. The quantitative estimate of drug-likeness (QED) is 0.369. The standard InChI is InChI=1S/C25H35FN4O3/c1-5-20-22(25(32)33-4)16(2)23(27-20)24(31)30(3)14-8-6-7-9-19-15-21(29-28-19)17-10-12-18(26)13-11-17/h10-13,19,21,27-29H,5-9,14-15H2,1-4H3. The first kappa shape index (κ1) is 24.9. The highest BCUT2D eigenvalue weighted by Crippen LogP contribution is 2.25. The first-order valence-corrected chi connectivity index (χ1v) is 11.7. The molecule has 2 aromatic rings. The van der Waals surface area contributed by atoms with Crippen LogP contribution in [0.15, 0.2) is 24.3 Å². The van der Waals surface area contributed by atoms with E-state index in [1.807, 2.05) is 19.1 Å². The molecule has 1 amide bonds. The van der Waals surface area contributed by atoms with Crippen molar-refractivity contribution in [2.75, 3.05) is 20.7 Å². The number of rotatable bonds is 10. The summed E-state index contributed by atoms with van der Waals surface area (Å²) < 4.78 is 18.0. The van der Waals surface area contributed by atoms with Gasteiger partial charge in [-0.25, -0.2) is 9.18 Å². The van der Waals surface area contributed by atoms with Gasteiger partial charge in [-0.3, -0.25) is 15.6 Å². The highest BCUT2D eigenvalue weighted by atomic mass is 19.1. The van der Waals surface area contributed by atoms with E-state index in [1.165, 1.54) is 19.2 Å². The van der Waals surface area contributed by atoms with Gasteiger partial charge in [-0.05, 0) is 55.9 Å². The van der Waals surface area contributed by atoms with Crippen molar-refractivity contribution < 1.29 is 18.7 Å². The van der Waals surface area contributed by atoms with E-state index in [9.17, 15) is 14.0 Å². The second-order valence-corrected chi connectivity index (χ2v) is 8.73. The monoisotopic (exact) mass is 458 g/mol. The largest absolute Gasteiger partial charge is 0.465 e. The van der Waals surface area contributed by atoms with Crippen LogP contribution in [0.3, 0.4) is 0 Å². The van der Waals surface area contributed by atoms with Crippen molar-refractivity contribution in [3.05, 3.63) is 58.2 Å². The number of aryl methyl sites for hydroxylation is 1. The van der Waals surface area contributed by atoms with Gasteiger partial charge in [0.2, 0.25) is 0 Å². The molecule has 1 saturated heterocycles. The van der Waals surface area contributed by atoms with E-state index in [1.54, 1.807) is 18.9 Å². The van der Waals surface area contributed by atoms with Crippen LogP contribution < -0.4 is 10.9 Å². The molecular weight excluding hydrogens is 423 g/mol. The Labute approximate surface area is 195 Å². The maximum absolute atomic E-state index is 13.1. The molecule has 1 aliphatic rings. The fourth-order valence-electron chi connectivity index (χ4n) is 4.45. The number of halogens is 1. The molecule has 180 valence electrons. The van der Waals surface area contributed by atoms with Gasteiger partial charge in [-0.1, -0.05) is 31.9 Å². The van der Waals surface area contributed by atoms with Crippen LogP contribution in [0, 0.1) is 12.7 Å². The third kappa shape index (κ3) is 6.00. The Hall–Kier alpha value is -2.71. The number of nitrogens with zero attached hydrogens (tertiary/aromatic N) is 1. The van der Waals surface area contributed by atoms with Crippen molar-refractivity contribution in [3.8, 4) is 0 Å². The molecule has 1 aromatic heterocycles. The summed E-state index contributed by atoms with van der Waals surface area (Å²) >= 11 is 0. The van der Waals surface area contributed by atoms with E-state index in [0.29, 0.717) is 35.8 Å². The van der Waals surface area contributed by atoms with Crippen LogP contribution in [0.1, 0.15) is 82.7 Å². The molecule has 0 spiro atoms. The third-order valence-corrected chi connectivity index (χ3v) is 6.43. The second kappa shape index (κ2) is 11.4. The number of H-pyrrole nitrogens is 1. The van der Waals surface area contributed by atoms with Gasteiger partial charge in [0.1, 0.15) is 11.5 Å². The average molecular weight is 459 g/mol. The van der Waals surface area contributed by atoms with E-state index < -0.39 is 5.97 Å². The fraction of sp³-hybridized carbons (Fsp3) is 0.520. The van der Waals surface area contributed by atoms with E-state index in [-0.39, 0.29) is 17.8 Å². The Morgan fingerprint density at radius 3 is 2.55 bits per heavy atom. The third-order valence-electron chi connectivity index (χ3n) is 6.43. The number of carbonyl (C=O) groups excluding carboxylic acids is 2. The number of methoxy groups -OCH3 is 1. The molecule has 1 aliphatic heterocycles. The summed E-state index contributed by atoms with van der Waals surface area (Å²) in [6.07, 6.45) is 5.63. The lowest BCUT2D eigenvalue weighted by atomic mass is 9.99. The van der Waals surface area contributed by atoms with Crippen molar-refractivity contribution in [2.24, 2.45) is 0 Å². The Bertz CT molecular complexity index is 957. The van der Waals surface area contributed by atoms with Crippen molar-refractivity contribution in [3.63, 3.8) is 0 Å². The van der Waals surface area contributed by atoms with E-state index in [2.05, 4.69) is 15.8 Å². The maximum Gasteiger partial charge on any atom is 0.339 e. The number of nitrogens with one attached hydrogen (secondary N) is 3. The topological polar surface area (TPSA) is 86.5 Å². The number of hydrogen-bond acceptors (Lipinski definition) is 5. The summed E-state index contributed by atoms with van der Waals surface area (Å²) in [4.78, 5) is 29.9.